The van der Waals surface area contributed by atoms with Gasteiger partial charge in [-0.25, -0.2) is 0 Å². The van der Waals surface area contributed by atoms with Crippen LogP contribution in [0.2, 0.25) is 5.02 Å². The highest BCUT2D eigenvalue weighted by Crippen LogP contribution is 2.27. The number of ether oxygens (including phenoxy) is 2. The van der Waals surface area contributed by atoms with Gasteiger partial charge in [0.1, 0.15) is 18.5 Å². The maximum atomic E-state index is 11.6. The Morgan fingerprint density at radius 1 is 1.15 bits per heavy atom. The summed E-state index contributed by atoms with van der Waals surface area (Å²) in [5.74, 6) is 0.463. The molecular weight excluding hydrogens is 374 g/mol. The highest BCUT2D eigenvalue weighted by molar-refractivity contribution is 8.15. The van der Waals surface area contributed by atoms with E-state index in [1.165, 1.54) is 0 Å². The lowest BCUT2D eigenvalue weighted by Gasteiger charge is -2.18. The summed E-state index contributed by atoms with van der Waals surface area (Å²) >= 11 is 7.24. The molecule has 2 unspecified atom stereocenters. The molecule has 2 aromatic carbocycles. The van der Waals surface area contributed by atoms with Gasteiger partial charge in [0.2, 0.25) is 5.91 Å². The fraction of sp³-hybridized carbons (Fsp3) is 0.263. The zero-order valence-electron chi connectivity index (χ0n) is 14.1. The molecule has 1 N–H and O–H groups in total. The van der Waals surface area contributed by atoms with E-state index in [2.05, 4.69) is 5.32 Å². The molecule has 1 fully saturated rings. The molecule has 0 spiro atoms. The normalized spacial score (nSPS) is 17.8. The van der Waals surface area contributed by atoms with E-state index in [1.807, 2.05) is 48.5 Å². The van der Waals surface area contributed by atoms with Gasteiger partial charge in [0.05, 0.1) is 5.25 Å². The minimum atomic E-state index is -0.368. The lowest BCUT2D eigenvalue weighted by atomic mass is 10.1. The molecule has 2 amide bonds. The number of thioether (sulfide) groups is 1. The standard InChI is InChI=1S/C19H18ClNO4S/c1-24-16(14-4-2-3-5-15(14)20)11-25-13-8-6-12(7-9-13)10-17-18(22)21-19(23)26-17/h2-9,16-17H,10-11H2,1H3,(H,21,22,23). The topological polar surface area (TPSA) is 64.6 Å². The number of hydrogen-bond acceptors (Lipinski definition) is 5. The van der Waals surface area contributed by atoms with Crippen LogP contribution in [-0.2, 0) is 16.0 Å². The Hall–Kier alpha value is -2.02. The van der Waals surface area contributed by atoms with Crippen LogP contribution in [0.5, 0.6) is 5.75 Å². The second-order valence-electron chi connectivity index (χ2n) is 5.79. The third kappa shape index (κ3) is 4.58. The molecule has 1 heterocycles. The zero-order chi connectivity index (χ0) is 18.5. The van der Waals surface area contributed by atoms with Crippen LogP contribution in [0, 0.1) is 0 Å². The van der Waals surface area contributed by atoms with Crippen molar-refractivity contribution in [2.24, 2.45) is 0 Å². The summed E-state index contributed by atoms with van der Waals surface area (Å²) in [5.41, 5.74) is 1.84. The molecule has 2 aromatic rings. The number of halogens is 1. The fourth-order valence-electron chi connectivity index (χ4n) is 2.66. The summed E-state index contributed by atoms with van der Waals surface area (Å²) in [6, 6.07) is 15.0. The van der Waals surface area contributed by atoms with Gasteiger partial charge in [-0.05, 0) is 30.2 Å². The second kappa shape index (κ2) is 8.58. The Kier molecular flexibility index (Phi) is 6.19. The lowest BCUT2D eigenvalue weighted by molar-refractivity contribution is -0.118. The Balaban J connectivity index is 1.58. The molecule has 26 heavy (non-hydrogen) atoms. The molecule has 1 saturated heterocycles. The van der Waals surface area contributed by atoms with Crippen molar-refractivity contribution >= 4 is 34.5 Å². The van der Waals surface area contributed by atoms with Crippen molar-refractivity contribution in [3.05, 3.63) is 64.7 Å². The van der Waals surface area contributed by atoms with Crippen LogP contribution >= 0.6 is 23.4 Å². The molecule has 0 aromatic heterocycles. The van der Waals surface area contributed by atoms with Crippen molar-refractivity contribution in [3.63, 3.8) is 0 Å². The van der Waals surface area contributed by atoms with Gasteiger partial charge < -0.3 is 9.47 Å². The van der Waals surface area contributed by atoms with Crippen LogP contribution in [-0.4, -0.2) is 30.1 Å². The van der Waals surface area contributed by atoms with Crippen LogP contribution in [0.4, 0.5) is 4.79 Å². The van der Waals surface area contributed by atoms with Crippen LogP contribution in [0.15, 0.2) is 48.5 Å². The van der Waals surface area contributed by atoms with Gasteiger partial charge in [-0.3, -0.25) is 14.9 Å². The Bertz CT molecular complexity index is 796. The van der Waals surface area contributed by atoms with Gasteiger partial charge >= 0.3 is 0 Å². The molecule has 0 radical (unpaired) electrons. The van der Waals surface area contributed by atoms with Crippen LogP contribution in [0.25, 0.3) is 0 Å². The summed E-state index contributed by atoms with van der Waals surface area (Å²) in [5, 5.41) is 2.28. The van der Waals surface area contributed by atoms with Crippen LogP contribution in [0.1, 0.15) is 17.2 Å². The SMILES string of the molecule is COC(COc1ccc(CC2SC(=O)NC2=O)cc1)c1ccccc1Cl. The van der Waals surface area contributed by atoms with E-state index in [0.29, 0.717) is 23.8 Å². The van der Waals surface area contributed by atoms with Crippen molar-refractivity contribution in [1.29, 1.82) is 0 Å². The van der Waals surface area contributed by atoms with Crippen molar-refractivity contribution < 1.29 is 19.1 Å². The van der Waals surface area contributed by atoms with Gasteiger partial charge in [0, 0.05) is 17.7 Å². The molecule has 0 bridgehead atoms. The van der Waals surface area contributed by atoms with Gasteiger partial charge in [-0.15, -0.1) is 0 Å². The number of imide groups is 1. The minimum absolute atomic E-state index is 0.233. The summed E-state index contributed by atoms with van der Waals surface area (Å²) in [7, 11) is 1.62. The smallest absolute Gasteiger partial charge is 0.286 e. The molecule has 3 rings (SSSR count). The average molecular weight is 392 g/mol. The summed E-state index contributed by atoms with van der Waals surface area (Å²) < 4.78 is 11.3. The quantitative estimate of drug-likeness (QED) is 0.772. The predicted molar refractivity (Wildman–Crippen MR) is 102 cm³/mol. The first kappa shape index (κ1) is 18.8. The molecule has 136 valence electrons. The number of rotatable bonds is 7. The van der Waals surface area contributed by atoms with E-state index in [0.717, 1.165) is 22.9 Å². The second-order valence-corrected chi connectivity index (χ2v) is 7.37. The lowest BCUT2D eigenvalue weighted by Crippen LogP contribution is -2.25. The average Bonchev–Trinajstić information content (AvgIpc) is 2.95. The van der Waals surface area contributed by atoms with Crippen molar-refractivity contribution in [2.75, 3.05) is 13.7 Å². The summed E-state index contributed by atoms with van der Waals surface area (Å²) in [4.78, 5) is 22.8. The summed E-state index contributed by atoms with van der Waals surface area (Å²) in [6.45, 7) is 0.328. The monoisotopic (exact) mass is 391 g/mol. The highest BCUT2D eigenvalue weighted by Gasteiger charge is 2.31. The fourth-order valence-corrected chi connectivity index (χ4v) is 3.77. The third-order valence-electron chi connectivity index (χ3n) is 4.05. The largest absolute Gasteiger partial charge is 0.491 e. The van der Waals surface area contributed by atoms with Crippen LogP contribution < -0.4 is 10.1 Å². The van der Waals surface area contributed by atoms with E-state index < -0.39 is 0 Å². The molecular formula is C19H18ClNO4S. The van der Waals surface area contributed by atoms with Gasteiger partial charge in [-0.2, -0.15) is 0 Å². The molecule has 0 saturated carbocycles. The van der Waals surface area contributed by atoms with Gasteiger partial charge in [0.25, 0.3) is 5.24 Å². The first-order chi connectivity index (χ1) is 12.6. The Morgan fingerprint density at radius 2 is 1.88 bits per heavy atom. The van der Waals surface area contributed by atoms with E-state index >= 15 is 0 Å². The number of carbonyl (C=O) groups excluding carboxylic acids is 2. The maximum absolute atomic E-state index is 11.6. The van der Waals surface area contributed by atoms with Crippen molar-refractivity contribution in [3.8, 4) is 5.75 Å². The van der Waals surface area contributed by atoms with Crippen molar-refractivity contribution in [1.82, 2.24) is 5.32 Å². The molecule has 0 aliphatic carbocycles. The van der Waals surface area contributed by atoms with E-state index in [4.69, 9.17) is 21.1 Å². The number of nitrogens with one attached hydrogen (secondary N) is 1. The minimum Gasteiger partial charge on any atom is -0.491 e. The van der Waals surface area contributed by atoms with Crippen LogP contribution in [0.3, 0.4) is 0 Å². The summed E-state index contributed by atoms with van der Waals surface area (Å²) in [6.07, 6.45) is 0.232. The van der Waals surface area contributed by atoms with Gasteiger partial charge in [0.15, 0.2) is 0 Å². The maximum Gasteiger partial charge on any atom is 0.286 e. The first-order valence-corrected chi connectivity index (χ1v) is 9.33. The van der Waals surface area contributed by atoms with E-state index in [-0.39, 0.29) is 22.5 Å². The Labute approximate surface area is 161 Å². The molecule has 1 aliphatic heterocycles. The first-order valence-electron chi connectivity index (χ1n) is 8.07. The highest BCUT2D eigenvalue weighted by atomic mass is 35.5. The number of benzene rings is 2. The number of carbonyl (C=O) groups is 2. The molecule has 7 heteroatoms. The number of hydrogen-bond donors (Lipinski definition) is 1. The number of amides is 2. The molecule has 2 atom stereocenters. The van der Waals surface area contributed by atoms with Crippen molar-refractivity contribution in [2.45, 2.75) is 17.8 Å². The predicted octanol–water partition coefficient (Wildman–Crippen LogP) is 4.00. The third-order valence-corrected chi connectivity index (χ3v) is 5.38. The van der Waals surface area contributed by atoms with E-state index in [9.17, 15) is 9.59 Å². The van der Waals surface area contributed by atoms with Gasteiger partial charge in [-0.1, -0.05) is 53.7 Å². The van der Waals surface area contributed by atoms with E-state index in [1.54, 1.807) is 7.11 Å². The molecule has 1 aliphatic rings. The Morgan fingerprint density at radius 3 is 2.50 bits per heavy atom. The number of methoxy groups -OCH3 is 1. The molecule has 5 nitrogen and oxygen atoms in total. The zero-order valence-corrected chi connectivity index (χ0v) is 15.7.